The first kappa shape index (κ1) is 16.2. The monoisotopic (exact) mass is 327 g/mol. The maximum Gasteiger partial charge on any atom is 0.311 e. The Morgan fingerprint density at radius 1 is 1.48 bits per heavy atom. The van der Waals surface area contributed by atoms with Crippen LogP contribution in [0.5, 0.6) is 0 Å². The summed E-state index contributed by atoms with van der Waals surface area (Å²) >= 11 is 7.58. The highest BCUT2D eigenvalue weighted by atomic mass is 35.5. The average molecular weight is 328 g/mol. The van der Waals surface area contributed by atoms with Gasteiger partial charge in [-0.2, -0.15) is 0 Å². The molecule has 114 valence electrons. The van der Waals surface area contributed by atoms with Gasteiger partial charge in [-0.1, -0.05) is 18.5 Å². The molecule has 6 heteroatoms. The normalized spacial score (nSPS) is 21.6. The van der Waals surface area contributed by atoms with Gasteiger partial charge in [0.25, 0.3) is 5.91 Å². The topological polar surface area (TPSA) is 57.6 Å². The molecule has 4 nitrogen and oxygen atoms in total. The number of hydrogen-bond acceptors (Lipinski definition) is 3. The molecule has 1 aliphatic heterocycles. The van der Waals surface area contributed by atoms with Crippen molar-refractivity contribution < 1.29 is 14.7 Å². The van der Waals surface area contributed by atoms with Crippen LogP contribution in [0.4, 0.5) is 0 Å². The SMILES string of the molecule is CCSc1ccc(Cl)cc1C(=O)N1CCC(C)(C(=O)O)C1. The lowest BCUT2D eigenvalue weighted by molar-refractivity contribution is -0.147. The number of carbonyl (C=O) groups excluding carboxylic acids is 1. The first-order valence-corrected chi connectivity index (χ1v) is 8.19. The first-order valence-electron chi connectivity index (χ1n) is 6.82. The third kappa shape index (κ3) is 3.35. The molecule has 1 heterocycles. The Hall–Kier alpha value is -1.20. The number of benzene rings is 1. The maximum absolute atomic E-state index is 12.7. The maximum atomic E-state index is 12.7. The van der Waals surface area contributed by atoms with Crippen LogP contribution in [0, 0.1) is 5.41 Å². The third-order valence-corrected chi connectivity index (χ3v) is 4.94. The van der Waals surface area contributed by atoms with Gasteiger partial charge < -0.3 is 10.0 Å². The number of rotatable bonds is 4. The number of likely N-dealkylation sites (tertiary alicyclic amines) is 1. The van der Waals surface area contributed by atoms with Crippen molar-refractivity contribution in [2.24, 2.45) is 5.41 Å². The summed E-state index contributed by atoms with van der Waals surface area (Å²) in [5.74, 6) is -0.139. The third-order valence-electron chi connectivity index (χ3n) is 3.75. The molecular weight excluding hydrogens is 310 g/mol. The number of nitrogens with zero attached hydrogens (tertiary/aromatic N) is 1. The Morgan fingerprint density at radius 3 is 2.76 bits per heavy atom. The van der Waals surface area contributed by atoms with Gasteiger partial charge in [-0.15, -0.1) is 11.8 Å². The number of carboxylic acid groups (broad SMARTS) is 1. The summed E-state index contributed by atoms with van der Waals surface area (Å²) in [6, 6.07) is 5.27. The molecule has 1 aromatic carbocycles. The molecule has 2 rings (SSSR count). The van der Waals surface area contributed by atoms with Crippen LogP contribution in [0.25, 0.3) is 0 Å². The van der Waals surface area contributed by atoms with Crippen LogP contribution in [-0.2, 0) is 4.79 Å². The van der Waals surface area contributed by atoms with Gasteiger partial charge in [0.1, 0.15) is 0 Å². The highest BCUT2D eigenvalue weighted by Crippen LogP contribution is 2.33. The molecule has 1 N–H and O–H groups in total. The Morgan fingerprint density at radius 2 is 2.19 bits per heavy atom. The summed E-state index contributed by atoms with van der Waals surface area (Å²) in [6.45, 7) is 4.40. The van der Waals surface area contributed by atoms with E-state index in [1.807, 2.05) is 13.0 Å². The largest absolute Gasteiger partial charge is 0.481 e. The zero-order valence-electron chi connectivity index (χ0n) is 12.1. The quantitative estimate of drug-likeness (QED) is 0.861. The van der Waals surface area contributed by atoms with Crippen molar-refractivity contribution >= 4 is 35.2 Å². The standard InChI is InChI=1S/C15H18ClNO3S/c1-3-21-12-5-4-10(16)8-11(12)13(18)17-7-6-15(2,9-17)14(19)20/h4-5,8H,3,6-7,9H2,1-2H3,(H,19,20). The summed E-state index contributed by atoms with van der Waals surface area (Å²) in [4.78, 5) is 26.5. The highest BCUT2D eigenvalue weighted by molar-refractivity contribution is 7.99. The minimum absolute atomic E-state index is 0.140. The number of hydrogen-bond donors (Lipinski definition) is 1. The minimum Gasteiger partial charge on any atom is -0.481 e. The molecule has 1 aromatic rings. The predicted octanol–water partition coefficient (Wildman–Crippen LogP) is 3.39. The predicted molar refractivity (Wildman–Crippen MR) is 84.1 cm³/mol. The summed E-state index contributed by atoms with van der Waals surface area (Å²) in [6.07, 6.45) is 0.477. The Labute approximate surface area is 133 Å². The summed E-state index contributed by atoms with van der Waals surface area (Å²) in [5.41, 5.74) is -0.296. The van der Waals surface area contributed by atoms with Gasteiger partial charge >= 0.3 is 5.97 Å². The summed E-state index contributed by atoms with van der Waals surface area (Å²) in [7, 11) is 0. The Bertz CT molecular complexity index is 578. The van der Waals surface area contributed by atoms with Crippen molar-refractivity contribution in [2.75, 3.05) is 18.8 Å². The number of aliphatic carboxylic acids is 1. The molecule has 1 unspecified atom stereocenters. The van der Waals surface area contributed by atoms with Crippen LogP contribution in [-0.4, -0.2) is 40.7 Å². The average Bonchev–Trinajstić information content (AvgIpc) is 2.84. The van der Waals surface area contributed by atoms with Crippen LogP contribution in [0.2, 0.25) is 5.02 Å². The van der Waals surface area contributed by atoms with Crippen molar-refractivity contribution in [3.63, 3.8) is 0 Å². The fourth-order valence-electron chi connectivity index (χ4n) is 2.43. The zero-order valence-corrected chi connectivity index (χ0v) is 13.6. The van der Waals surface area contributed by atoms with E-state index < -0.39 is 11.4 Å². The molecule has 0 saturated carbocycles. The molecule has 1 aliphatic rings. The van der Waals surface area contributed by atoms with E-state index in [2.05, 4.69) is 0 Å². The number of halogens is 1. The molecule has 0 spiro atoms. The second-order valence-corrected chi connectivity index (χ2v) is 7.16. The second kappa shape index (κ2) is 6.28. The van der Waals surface area contributed by atoms with Crippen molar-refractivity contribution in [2.45, 2.75) is 25.2 Å². The van der Waals surface area contributed by atoms with E-state index >= 15 is 0 Å². The molecule has 1 saturated heterocycles. The van der Waals surface area contributed by atoms with Crippen molar-refractivity contribution in [1.82, 2.24) is 4.90 Å². The summed E-state index contributed by atoms with van der Waals surface area (Å²) in [5, 5.41) is 9.78. The lowest BCUT2D eigenvalue weighted by Gasteiger charge is -2.21. The molecule has 0 aliphatic carbocycles. The minimum atomic E-state index is -0.855. The second-order valence-electron chi connectivity index (χ2n) is 5.42. The number of amides is 1. The summed E-state index contributed by atoms with van der Waals surface area (Å²) < 4.78 is 0. The van der Waals surface area contributed by atoms with E-state index in [0.717, 1.165) is 10.6 Å². The fraction of sp³-hybridized carbons (Fsp3) is 0.467. The molecule has 1 amide bonds. The molecule has 0 bridgehead atoms. The first-order chi connectivity index (χ1) is 9.87. The molecular formula is C15H18ClNO3S. The van der Waals surface area contributed by atoms with Gasteiger partial charge in [0.05, 0.1) is 11.0 Å². The van der Waals surface area contributed by atoms with E-state index in [-0.39, 0.29) is 12.5 Å². The number of thioether (sulfide) groups is 1. The Kier molecular flexibility index (Phi) is 4.84. The van der Waals surface area contributed by atoms with Crippen molar-refractivity contribution in [3.8, 4) is 0 Å². The van der Waals surface area contributed by atoms with Crippen molar-refractivity contribution in [1.29, 1.82) is 0 Å². The van der Waals surface area contributed by atoms with E-state index in [9.17, 15) is 14.7 Å². The lowest BCUT2D eigenvalue weighted by Crippen LogP contribution is -2.35. The van der Waals surface area contributed by atoms with Gasteiger partial charge in [0.2, 0.25) is 0 Å². The van der Waals surface area contributed by atoms with Crippen LogP contribution in [0.15, 0.2) is 23.1 Å². The van der Waals surface area contributed by atoms with Gasteiger partial charge in [-0.25, -0.2) is 0 Å². The zero-order chi connectivity index (χ0) is 15.6. The lowest BCUT2D eigenvalue weighted by atomic mass is 9.90. The molecule has 1 atom stereocenters. The van der Waals surface area contributed by atoms with Gasteiger partial charge in [-0.05, 0) is 37.3 Å². The fourth-order valence-corrected chi connectivity index (χ4v) is 3.38. The van der Waals surface area contributed by atoms with Crippen LogP contribution >= 0.6 is 23.4 Å². The number of carboxylic acids is 1. The van der Waals surface area contributed by atoms with Gasteiger partial charge in [0, 0.05) is 23.0 Å². The van der Waals surface area contributed by atoms with Crippen LogP contribution in [0.1, 0.15) is 30.6 Å². The van der Waals surface area contributed by atoms with Crippen LogP contribution in [0.3, 0.4) is 0 Å². The van der Waals surface area contributed by atoms with Crippen LogP contribution < -0.4 is 0 Å². The number of carbonyl (C=O) groups is 2. The Balaban J connectivity index is 2.25. The van der Waals surface area contributed by atoms with E-state index in [4.69, 9.17) is 11.6 Å². The highest BCUT2D eigenvalue weighted by Gasteiger charge is 2.42. The van der Waals surface area contributed by atoms with E-state index in [0.29, 0.717) is 23.6 Å². The van der Waals surface area contributed by atoms with E-state index in [1.165, 1.54) is 0 Å². The van der Waals surface area contributed by atoms with Gasteiger partial charge in [0.15, 0.2) is 0 Å². The molecule has 1 fully saturated rings. The van der Waals surface area contributed by atoms with Crippen molar-refractivity contribution in [3.05, 3.63) is 28.8 Å². The smallest absolute Gasteiger partial charge is 0.311 e. The molecule has 21 heavy (non-hydrogen) atoms. The molecule has 0 aromatic heterocycles. The van der Waals surface area contributed by atoms with E-state index in [1.54, 1.807) is 35.7 Å². The van der Waals surface area contributed by atoms with Gasteiger partial charge in [-0.3, -0.25) is 9.59 Å². The molecule has 0 radical (unpaired) electrons.